The monoisotopic (exact) mass is 354 g/mol. The number of amides is 1. The third-order valence-corrected chi connectivity index (χ3v) is 5.30. The van der Waals surface area contributed by atoms with E-state index in [4.69, 9.17) is 0 Å². The molecule has 4 rings (SSSR count). The molecule has 1 saturated carbocycles. The minimum atomic E-state index is -0.694. The van der Waals surface area contributed by atoms with Gasteiger partial charge in [-0.25, -0.2) is 9.67 Å². The van der Waals surface area contributed by atoms with Crippen LogP contribution in [-0.2, 0) is 4.79 Å². The van der Waals surface area contributed by atoms with Crippen molar-refractivity contribution >= 4 is 32.6 Å². The standard InChI is InChI=1S/C18H18N4O2S/c1-10-3-6-14-15(9-10)25-18(19-14)20-17(24)11(2)22-16(23)8-7-13(21-22)12-4-5-12/h3,6-9,11-12H,4-5H2,1-2H3,(H,19,20,24). The summed E-state index contributed by atoms with van der Waals surface area (Å²) in [6.07, 6.45) is 2.19. The van der Waals surface area contributed by atoms with Crippen LogP contribution >= 0.6 is 11.3 Å². The first-order chi connectivity index (χ1) is 12.0. The average molecular weight is 354 g/mol. The molecule has 25 heavy (non-hydrogen) atoms. The van der Waals surface area contributed by atoms with Crippen LogP contribution in [0.25, 0.3) is 10.2 Å². The highest BCUT2D eigenvalue weighted by molar-refractivity contribution is 7.22. The summed E-state index contributed by atoms with van der Waals surface area (Å²) in [4.78, 5) is 29.1. The van der Waals surface area contributed by atoms with Crippen LogP contribution in [0.3, 0.4) is 0 Å². The minimum Gasteiger partial charge on any atom is -0.300 e. The predicted molar refractivity (Wildman–Crippen MR) is 98.2 cm³/mol. The molecule has 1 aliphatic rings. The zero-order valence-corrected chi connectivity index (χ0v) is 14.8. The van der Waals surface area contributed by atoms with E-state index >= 15 is 0 Å². The zero-order chi connectivity index (χ0) is 17.6. The minimum absolute atomic E-state index is 0.271. The van der Waals surface area contributed by atoms with Crippen LogP contribution in [0.15, 0.2) is 35.1 Å². The van der Waals surface area contributed by atoms with Gasteiger partial charge in [-0.05, 0) is 50.5 Å². The van der Waals surface area contributed by atoms with Crippen LogP contribution in [0.2, 0.25) is 0 Å². The molecular formula is C18H18N4O2S. The maximum atomic E-state index is 12.6. The van der Waals surface area contributed by atoms with Crippen LogP contribution in [0.4, 0.5) is 5.13 Å². The number of nitrogens with zero attached hydrogens (tertiary/aromatic N) is 3. The highest BCUT2D eigenvalue weighted by Gasteiger charge is 2.27. The van der Waals surface area contributed by atoms with E-state index in [2.05, 4.69) is 15.4 Å². The topological polar surface area (TPSA) is 76.9 Å². The Balaban J connectivity index is 1.57. The van der Waals surface area contributed by atoms with Gasteiger partial charge in [-0.15, -0.1) is 0 Å². The molecule has 1 aliphatic carbocycles. The second kappa shape index (κ2) is 6.07. The number of benzene rings is 1. The van der Waals surface area contributed by atoms with Crippen molar-refractivity contribution in [2.45, 2.75) is 38.6 Å². The summed E-state index contributed by atoms with van der Waals surface area (Å²) in [5.41, 5.74) is 2.61. The number of rotatable bonds is 4. The maximum absolute atomic E-state index is 12.6. The Kier molecular flexibility index (Phi) is 3.88. The predicted octanol–water partition coefficient (Wildman–Crippen LogP) is 3.24. The molecule has 0 bridgehead atoms. The summed E-state index contributed by atoms with van der Waals surface area (Å²) in [5.74, 6) is 0.132. The van der Waals surface area contributed by atoms with Gasteiger partial charge in [0, 0.05) is 12.0 Å². The third-order valence-electron chi connectivity index (χ3n) is 4.36. The molecule has 1 fully saturated rings. The fourth-order valence-electron chi connectivity index (χ4n) is 2.72. The van der Waals surface area contributed by atoms with Gasteiger partial charge in [0.25, 0.3) is 11.5 Å². The van der Waals surface area contributed by atoms with Crippen molar-refractivity contribution in [2.75, 3.05) is 5.32 Å². The molecule has 1 N–H and O–H groups in total. The number of hydrogen-bond donors (Lipinski definition) is 1. The lowest BCUT2D eigenvalue weighted by Crippen LogP contribution is -2.33. The molecule has 1 unspecified atom stereocenters. The Morgan fingerprint density at radius 1 is 1.32 bits per heavy atom. The molecule has 6 nitrogen and oxygen atoms in total. The number of thiazole rings is 1. The van der Waals surface area contributed by atoms with Crippen LogP contribution in [-0.4, -0.2) is 20.7 Å². The third kappa shape index (κ3) is 3.19. The summed E-state index contributed by atoms with van der Waals surface area (Å²) in [7, 11) is 0. The maximum Gasteiger partial charge on any atom is 0.267 e. The molecule has 1 amide bonds. The summed E-state index contributed by atoms with van der Waals surface area (Å²) in [5, 5.41) is 7.72. The van der Waals surface area contributed by atoms with Crippen LogP contribution < -0.4 is 10.9 Å². The number of aryl methyl sites for hydroxylation is 1. The molecule has 128 valence electrons. The van der Waals surface area contributed by atoms with Crippen LogP contribution in [0.1, 0.15) is 43.0 Å². The molecule has 0 aliphatic heterocycles. The van der Waals surface area contributed by atoms with Crippen LogP contribution in [0, 0.1) is 6.92 Å². The van der Waals surface area contributed by atoms with Crippen molar-refractivity contribution in [2.24, 2.45) is 0 Å². The first kappa shape index (κ1) is 16.0. The van der Waals surface area contributed by atoms with E-state index < -0.39 is 6.04 Å². The van der Waals surface area contributed by atoms with Crippen molar-refractivity contribution < 1.29 is 4.79 Å². The van der Waals surface area contributed by atoms with Crippen molar-refractivity contribution in [3.05, 3.63) is 51.9 Å². The molecule has 3 aromatic rings. The molecule has 0 radical (unpaired) electrons. The van der Waals surface area contributed by atoms with E-state index in [1.165, 1.54) is 22.1 Å². The van der Waals surface area contributed by atoms with E-state index in [-0.39, 0.29) is 11.5 Å². The van der Waals surface area contributed by atoms with Crippen LogP contribution in [0.5, 0.6) is 0 Å². The number of aromatic nitrogens is 3. The van der Waals surface area contributed by atoms with Gasteiger partial charge >= 0.3 is 0 Å². The smallest absolute Gasteiger partial charge is 0.267 e. The lowest BCUT2D eigenvalue weighted by atomic mass is 10.2. The fraction of sp³-hybridized carbons (Fsp3) is 0.333. The first-order valence-corrected chi connectivity index (χ1v) is 9.11. The van der Waals surface area contributed by atoms with Gasteiger partial charge in [0.2, 0.25) is 0 Å². The number of fused-ring (bicyclic) bond motifs is 1. The van der Waals surface area contributed by atoms with E-state index in [0.717, 1.165) is 34.3 Å². The summed E-state index contributed by atoms with van der Waals surface area (Å²) >= 11 is 1.42. The van der Waals surface area contributed by atoms with E-state index in [9.17, 15) is 9.59 Å². The van der Waals surface area contributed by atoms with Crippen molar-refractivity contribution in [1.29, 1.82) is 0 Å². The van der Waals surface area contributed by atoms with Gasteiger partial charge in [-0.1, -0.05) is 17.4 Å². The zero-order valence-electron chi connectivity index (χ0n) is 14.0. The van der Waals surface area contributed by atoms with Gasteiger partial charge in [0.05, 0.1) is 15.9 Å². The molecule has 2 aromatic heterocycles. The quantitative estimate of drug-likeness (QED) is 0.780. The second-order valence-corrected chi connectivity index (χ2v) is 7.50. The molecular weight excluding hydrogens is 336 g/mol. The number of carbonyl (C=O) groups is 1. The Hall–Kier alpha value is -2.54. The average Bonchev–Trinajstić information content (AvgIpc) is 3.35. The van der Waals surface area contributed by atoms with Crippen molar-refractivity contribution in [3.8, 4) is 0 Å². The molecule has 1 aromatic carbocycles. The molecule has 0 saturated heterocycles. The summed E-state index contributed by atoms with van der Waals surface area (Å²) in [6, 6.07) is 8.52. The number of anilines is 1. The van der Waals surface area contributed by atoms with E-state index in [1.54, 1.807) is 13.0 Å². The Bertz CT molecular complexity index is 1020. The Morgan fingerprint density at radius 3 is 2.88 bits per heavy atom. The molecule has 1 atom stereocenters. The highest BCUT2D eigenvalue weighted by Crippen LogP contribution is 2.38. The normalized spacial score (nSPS) is 15.3. The van der Waals surface area contributed by atoms with Gasteiger partial charge in [-0.2, -0.15) is 5.10 Å². The second-order valence-electron chi connectivity index (χ2n) is 6.47. The number of hydrogen-bond acceptors (Lipinski definition) is 5. The van der Waals surface area contributed by atoms with Crippen molar-refractivity contribution in [1.82, 2.24) is 14.8 Å². The SMILES string of the molecule is Cc1ccc2nc(NC(=O)C(C)n3nc(C4CC4)ccc3=O)sc2c1. The van der Waals surface area contributed by atoms with Gasteiger partial charge in [-0.3, -0.25) is 9.59 Å². The van der Waals surface area contributed by atoms with E-state index in [1.807, 2.05) is 25.1 Å². The lowest BCUT2D eigenvalue weighted by Gasteiger charge is -2.13. The van der Waals surface area contributed by atoms with Crippen molar-refractivity contribution in [3.63, 3.8) is 0 Å². The van der Waals surface area contributed by atoms with Gasteiger partial charge < -0.3 is 5.32 Å². The Morgan fingerprint density at radius 2 is 2.12 bits per heavy atom. The Labute approximate surface area is 148 Å². The largest absolute Gasteiger partial charge is 0.300 e. The van der Waals surface area contributed by atoms with Gasteiger partial charge in [0.15, 0.2) is 5.13 Å². The first-order valence-electron chi connectivity index (χ1n) is 8.29. The molecule has 2 heterocycles. The number of carbonyl (C=O) groups excluding carboxylic acids is 1. The fourth-order valence-corrected chi connectivity index (χ4v) is 3.69. The molecule has 0 spiro atoms. The summed E-state index contributed by atoms with van der Waals surface area (Å²) in [6.45, 7) is 3.70. The van der Waals surface area contributed by atoms with Gasteiger partial charge in [0.1, 0.15) is 6.04 Å². The molecule has 7 heteroatoms. The highest BCUT2D eigenvalue weighted by atomic mass is 32.1. The van der Waals surface area contributed by atoms with E-state index in [0.29, 0.717) is 11.0 Å². The summed E-state index contributed by atoms with van der Waals surface area (Å²) < 4.78 is 2.29. The lowest BCUT2D eigenvalue weighted by molar-refractivity contribution is -0.119. The number of nitrogens with one attached hydrogen (secondary N) is 1.